The summed E-state index contributed by atoms with van der Waals surface area (Å²) >= 11 is 0. The van der Waals surface area contributed by atoms with Crippen molar-refractivity contribution in [2.75, 3.05) is 13.1 Å². The van der Waals surface area contributed by atoms with Gasteiger partial charge in [0.25, 0.3) is 5.91 Å². The van der Waals surface area contributed by atoms with Crippen LogP contribution >= 0.6 is 0 Å². The highest BCUT2D eigenvalue weighted by atomic mass is 16.5. The van der Waals surface area contributed by atoms with Crippen molar-refractivity contribution in [3.05, 3.63) is 29.3 Å². The Morgan fingerprint density at radius 1 is 1.11 bits per heavy atom. The molecule has 3 amide bonds. The van der Waals surface area contributed by atoms with Gasteiger partial charge in [0.15, 0.2) is 0 Å². The smallest absolute Gasteiger partial charge is 0.255 e. The predicted octanol–water partition coefficient (Wildman–Crippen LogP) is 1.36. The molecule has 1 spiro atoms. The highest BCUT2D eigenvalue weighted by Crippen LogP contribution is 2.49. The molecule has 1 aromatic carbocycles. The van der Waals surface area contributed by atoms with Crippen LogP contribution in [-0.2, 0) is 16.1 Å². The van der Waals surface area contributed by atoms with Gasteiger partial charge in [0, 0.05) is 18.5 Å². The summed E-state index contributed by atoms with van der Waals surface area (Å²) in [6.45, 7) is 2.59. The first-order valence-corrected chi connectivity index (χ1v) is 10.2. The van der Waals surface area contributed by atoms with Gasteiger partial charge in [0.2, 0.25) is 11.8 Å². The maximum Gasteiger partial charge on any atom is 0.255 e. The van der Waals surface area contributed by atoms with Gasteiger partial charge in [-0.1, -0.05) is 0 Å². The largest absolute Gasteiger partial charge is 0.490 e. The van der Waals surface area contributed by atoms with Gasteiger partial charge < -0.3 is 15.0 Å². The Kier molecular flexibility index (Phi) is 4.16. The number of hydrogen-bond donors (Lipinski definition) is 2. The average Bonchev–Trinajstić information content (AvgIpc) is 2.97. The Labute approximate surface area is 163 Å². The highest BCUT2D eigenvalue weighted by Gasteiger charge is 2.46. The molecule has 7 nitrogen and oxygen atoms in total. The van der Waals surface area contributed by atoms with Crippen LogP contribution in [0.3, 0.4) is 0 Å². The summed E-state index contributed by atoms with van der Waals surface area (Å²) in [5.41, 5.74) is 1.98. The first kappa shape index (κ1) is 17.7. The first-order valence-electron chi connectivity index (χ1n) is 10.2. The molecule has 3 heterocycles. The van der Waals surface area contributed by atoms with E-state index in [0.29, 0.717) is 23.9 Å². The van der Waals surface area contributed by atoms with Crippen molar-refractivity contribution in [3.8, 4) is 5.75 Å². The molecule has 0 radical (unpaired) electrons. The number of hydrogen-bond acceptors (Lipinski definition) is 5. The lowest BCUT2D eigenvalue weighted by Crippen LogP contribution is -2.52. The van der Waals surface area contributed by atoms with E-state index >= 15 is 0 Å². The topological polar surface area (TPSA) is 87.7 Å². The number of nitrogens with zero attached hydrogens (tertiary/aromatic N) is 1. The number of nitrogens with one attached hydrogen (secondary N) is 2. The summed E-state index contributed by atoms with van der Waals surface area (Å²) in [7, 11) is 0. The van der Waals surface area contributed by atoms with Gasteiger partial charge in [0.05, 0.1) is 6.10 Å². The number of imide groups is 1. The Morgan fingerprint density at radius 2 is 1.89 bits per heavy atom. The normalized spacial score (nSPS) is 26.8. The van der Waals surface area contributed by atoms with Crippen LogP contribution in [0.5, 0.6) is 5.75 Å². The summed E-state index contributed by atoms with van der Waals surface area (Å²) in [6, 6.07) is 5.02. The fourth-order valence-electron chi connectivity index (χ4n) is 5.17. The molecule has 3 fully saturated rings. The minimum atomic E-state index is -0.576. The van der Waals surface area contributed by atoms with Crippen molar-refractivity contribution in [1.29, 1.82) is 0 Å². The van der Waals surface area contributed by atoms with E-state index in [1.807, 2.05) is 12.1 Å². The van der Waals surface area contributed by atoms with E-state index in [4.69, 9.17) is 4.74 Å². The van der Waals surface area contributed by atoms with E-state index in [9.17, 15) is 14.4 Å². The molecule has 1 aromatic rings. The molecule has 148 valence electrons. The maximum absolute atomic E-state index is 12.7. The van der Waals surface area contributed by atoms with Crippen LogP contribution in [0.4, 0.5) is 0 Å². The molecule has 4 aliphatic rings. The lowest BCUT2D eigenvalue weighted by atomic mass is 9.62. The van der Waals surface area contributed by atoms with Crippen LogP contribution in [0.1, 0.15) is 54.4 Å². The number of ether oxygens (including phenoxy) is 1. The second-order valence-corrected chi connectivity index (χ2v) is 8.62. The van der Waals surface area contributed by atoms with Crippen LogP contribution in [-0.4, -0.2) is 47.9 Å². The van der Waals surface area contributed by atoms with Gasteiger partial charge in [-0.2, -0.15) is 0 Å². The zero-order valence-electron chi connectivity index (χ0n) is 15.8. The minimum Gasteiger partial charge on any atom is -0.490 e. The lowest BCUT2D eigenvalue weighted by Gasteiger charge is -2.49. The minimum absolute atomic E-state index is 0.145. The van der Waals surface area contributed by atoms with Crippen molar-refractivity contribution >= 4 is 17.7 Å². The molecule has 3 aliphatic heterocycles. The third-order valence-corrected chi connectivity index (χ3v) is 6.78. The number of carbonyl (C=O) groups excluding carboxylic acids is 3. The first-order chi connectivity index (χ1) is 13.5. The summed E-state index contributed by atoms with van der Waals surface area (Å²) in [5.74, 6) is 0.00235. The predicted molar refractivity (Wildman–Crippen MR) is 101 cm³/mol. The zero-order chi connectivity index (χ0) is 19.3. The quantitative estimate of drug-likeness (QED) is 0.770. The van der Waals surface area contributed by atoms with Crippen LogP contribution in [0, 0.1) is 5.41 Å². The number of amides is 3. The number of rotatable bonds is 3. The molecule has 2 N–H and O–H groups in total. The highest BCUT2D eigenvalue weighted by molar-refractivity contribution is 6.05. The van der Waals surface area contributed by atoms with E-state index < -0.39 is 6.04 Å². The van der Waals surface area contributed by atoms with Crippen molar-refractivity contribution in [1.82, 2.24) is 15.5 Å². The molecule has 1 atom stereocenters. The van der Waals surface area contributed by atoms with E-state index in [1.165, 1.54) is 12.8 Å². The van der Waals surface area contributed by atoms with Gasteiger partial charge in [0.1, 0.15) is 11.8 Å². The van der Waals surface area contributed by atoms with Crippen LogP contribution in [0.15, 0.2) is 18.2 Å². The second-order valence-electron chi connectivity index (χ2n) is 8.62. The Morgan fingerprint density at radius 3 is 2.64 bits per heavy atom. The van der Waals surface area contributed by atoms with Crippen molar-refractivity contribution in [2.45, 2.75) is 57.2 Å². The van der Waals surface area contributed by atoms with Gasteiger partial charge in [-0.15, -0.1) is 0 Å². The maximum atomic E-state index is 12.7. The Bertz CT molecular complexity index is 838. The molecule has 1 unspecified atom stereocenters. The van der Waals surface area contributed by atoms with Gasteiger partial charge >= 0.3 is 0 Å². The SMILES string of the molecule is O=C1CCC(N2Cc3cc(OC4CC5(CCNCC5)C4)ccc3C2=O)C(=O)N1. The molecular formula is C21H25N3O4. The summed E-state index contributed by atoms with van der Waals surface area (Å²) in [5, 5.41) is 5.75. The monoisotopic (exact) mass is 383 g/mol. The number of carbonyl (C=O) groups is 3. The van der Waals surface area contributed by atoms with E-state index in [2.05, 4.69) is 10.6 Å². The molecule has 0 bridgehead atoms. The number of piperidine rings is 2. The Balaban J connectivity index is 1.25. The third kappa shape index (κ3) is 2.98. The van der Waals surface area contributed by atoms with Crippen molar-refractivity contribution < 1.29 is 19.1 Å². The van der Waals surface area contributed by atoms with E-state index in [0.717, 1.165) is 37.2 Å². The fraction of sp³-hybridized carbons (Fsp3) is 0.571. The van der Waals surface area contributed by atoms with Crippen LogP contribution in [0.25, 0.3) is 0 Å². The second kappa shape index (κ2) is 6.58. The number of benzene rings is 1. The molecular weight excluding hydrogens is 358 g/mol. The molecule has 5 rings (SSSR count). The van der Waals surface area contributed by atoms with Gasteiger partial charge in [-0.05, 0) is 74.4 Å². The van der Waals surface area contributed by atoms with Crippen molar-refractivity contribution in [2.24, 2.45) is 5.41 Å². The zero-order valence-corrected chi connectivity index (χ0v) is 15.8. The Hall–Kier alpha value is -2.41. The van der Waals surface area contributed by atoms with Gasteiger partial charge in [-0.25, -0.2) is 0 Å². The summed E-state index contributed by atoms with van der Waals surface area (Å²) < 4.78 is 6.18. The molecule has 1 aliphatic carbocycles. The average molecular weight is 383 g/mol. The molecule has 1 saturated carbocycles. The lowest BCUT2D eigenvalue weighted by molar-refractivity contribution is -0.136. The van der Waals surface area contributed by atoms with Gasteiger partial charge in [-0.3, -0.25) is 19.7 Å². The summed E-state index contributed by atoms with van der Waals surface area (Å²) in [6.07, 6.45) is 5.56. The number of fused-ring (bicyclic) bond motifs is 1. The molecule has 28 heavy (non-hydrogen) atoms. The standard InChI is InChI=1S/C21H25N3O4/c25-18-4-3-17(19(26)23-18)24-12-13-9-14(1-2-16(13)20(24)27)28-15-10-21(11-15)5-7-22-8-6-21/h1-2,9,15,17,22H,3-8,10-12H2,(H,23,25,26). The van der Waals surface area contributed by atoms with Crippen molar-refractivity contribution in [3.63, 3.8) is 0 Å². The summed E-state index contributed by atoms with van der Waals surface area (Å²) in [4.78, 5) is 37.8. The fourth-order valence-corrected chi connectivity index (χ4v) is 5.17. The molecule has 2 saturated heterocycles. The van der Waals surface area contributed by atoms with E-state index in [1.54, 1.807) is 11.0 Å². The van der Waals surface area contributed by atoms with E-state index in [-0.39, 0.29) is 30.2 Å². The molecule has 0 aromatic heterocycles. The molecule has 7 heteroatoms. The van der Waals surface area contributed by atoms with Crippen LogP contribution in [0.2, 0.25) is 0 Å². The third-order valence-electron chi connectivity index (χ3n) is 6.78. The van der Waals surface area contributed by atoms with Crippen LogP contribution < -0.4 is 15.4 Å².